The van der Waals surface area contributed by atoms with Crippen LogP contribution in [0.1, 0.15) is 25.5 Å². The van der Waals surface area contributed by atoms with Crippen LogP contribution in [0.3, 0.4) is 0 Å². The van der Waals surface area contributed by atoms with E-state index in [9.17, 15) is 9.59 Å². The van der Waals surface area contributed by atoms with E-state index in [0.29, 0.717) is 29.9 Å². The number of hydrogen-bond donors (Lipinski definition) is 0. The fourth-order valence-corrected chi connectivity index (χ4v) is 4.10. The van der Waals surface area contributed by atoms with Gasteiger partial charge in [-0.2, -0.15) is 9.78 Å². The summed E-state index contributed by atoms with van der Waals surface area (Å²) < 4.78 is 6.51. The van der Waals surface area contributed by atoms with Gasteiger partial charge in [0.05, 0.1) is 22.4 Å². The van der Waals surface area contributed by atoms with Crippen molar-refractivity contribution in [2.75, 3.05) is 33.3 Å². The monoisotopic (exact) mass is 438 g/mol. The number of piperidine rings is 1. The molecule has 0 N–H and O–H groups in total. The quantitative estimate of drug-likeness (QED) is 0.451. The largest absolute Gasteiger partial charge is 0.456 e. The summed E-state index contributed by atoms with van der Waals surface area (Å²) in [4.78, 5) is 28.9. The van der Waals surface area contributed by atoms with Crippen molar-refractivity contribution in [3.05, 3.63) is 48.1 Å². The molecule has 2 aromatic rings. The Morgan fingerprint density at radius 2 is 2.09 bits per heavy atom. The van der Waals surface area contributed by atoms with Crippen molar-refractivity contribution < 1.29 is 14.3 Å². The second-order valence-electron chi connectivity index (χ2n) is 8.10. The van der Waals surface area contributed by atoms with Gasteiger partial charge in [-0.25, -0.2) is 4.79 Å². The number of likely N-dealkylation sites (N-methyl/N-ethyl adjacent to an activating group) is 1. The van der Waals surface area contributed by atoms with Crippen molar-refractivity contribution >= 4 is 11.9 Å². The molecule has 11 nitrogen and oxygen atoms in total. The molecule has 0 aliphatic carbocycles. The number of aromatic nitrogens is 6. The molecule has 2 aliphatic heterocycles. The zero-order valence-corrected chi connectivity index (χ0v) is 18.3. The number of carbonyl (C=O) groups excluding carboxylic acids is 2. The van der Waals surface area contributed by atoms with Crippen LogP contribution in [0.4, 0.5) is 0 Å². The van der Waals surface area contributed by atoms with Crippen molar-refractivity contribution in [1.29, 1.82) is 0 Å². The third-order valence-corrected chi connectivity index (χ3v) is 6.33. The van der Waals surface area contributed by atoms with Crippen LogP contribution in [0.5, 0.6) is 0 Å². The van der Waals surface area contributed by atoms with Gasteiger partial charge in [-0.05, 0) is 55.4 Å². The Labute approximate surface area is 185 Å². The van der Waals surface area contributed by atoms with Crippen molar-refractivity contribution in [3.63, 3.8) is 0 Å². The lowest BCUT2D eigenvalue weighted by Gasteiger charge is -2.40. The van der Waals surface area contributed by atoms with Crippen molar-refractivity contribution in [1.82, 2.24) is 40.2 Å². The van der Waals surface area contributed by atoms with Crippen LogP contribution < -0.4 is 0 Å². The molecule has 168 valence electrons. The van der Waals surface area contributed by atoms with Crippen LogP contribution >= 0.6 is 0 Å². The zero-order chi connectivity index (χ0) is 22.7. The fraction of sp³-hybridized carbons (Fsp3) is 0.476. The average molecular weight is 438 g/mol. The summed E-state index contributed by atoms with van der Waals surface area (Å²) in [5.41, 5.74) is 1.36. The minimum atomic E-state index is -0.641. The third-order valence-electron chi connectivity index (χ3n) is 6.33. The van der Waals surface area contributed by atoms with Gasteiger partial charge in [-0.1, -0.05) is 6.08 Å². The molecule has 1 saturated heterocycles. The van der Waals surface area contributed by atoms with Crippen molar-refractivity contribution in [2.24, 2.45) is 5.41 Å². The van der Waals surface area contributed by atoms with Gasteiger partial charge in [0.2, 0.25) is 5.91 Å². The summed E-state index contributed by atoms with van der Waals surface area (Å²) in [5.74, 6) is 0.162. The number of ether oxygens (including phenoxy) is 1. The van der Waals surface area contributed by atoms with E-state index in [4.69, 9.17) is 4.74 Å². The standard InChI is InChI=1S/C21H26N8O3/c1-4-21(20(31)27(3)17-13-32-19(30)15(17)2)8-11-28(12-9-21)10-7-16-5-6-18(24-23-16)29-14-22-25-26-29/h4-6,14H,1,7-13H2,2-3H3. The molecule has 11 heteroatoms. The number of amides is 1. The maximum absolute atomic E-state index is 13.3. The Balaban J connectivity index is 1.33. The highest BCUT2D eigenvalue weighted by atomic mass is 16.5. The second kappa shape index (κ2) is 8.95. The van der Waals surface area contributed by atoms with Gasteiger partial charge >= 0.3 is 5.97 Å². The topological polar surface area (TPSA) is 119 Å². The first-order valence-corrected chi connectivity index (χ1v) is 10.5. The number of esters is 1. The Morgan fingerprint density at radius 1 is 1.31 bits per heavy atom. The van der Waals surface area contributed by atoms with E-state index in [1.165, 1.54) is 11.0 Å². The number of rotatable bonds is 7. The van der Waals surface area contributed by atoms with Crippen LogP contribution in [0.2, 0.25) is 0 Å². The van der Waals surface area contributed by atoms with Gasteiger partial charge in [0.1, 0.15) is 12.9 Å². The lowest BCUT2D eigenvalue weighted by Crippen LogP contribution is -2.48. The first-order valence-electron chi connectivity index (χ1n) is 10.5. The molecule has 2 aromatic heterocycles. The van der Waals surface area contributed by atoms with Crippen molar-refractivity contribution in [3.8, 4) is 5.82 Å². The highest BCUT2D eigenvalue weighted by molar-refractivity contribution is 5.93. The number of tetrazole rings is 1. The highest BCUT2D eigenvalue weighted by Gasteiger charge is 2.42. The zero-order valence-electron chi connectivity index (χ0n) is 18.3. The number of hydrogen-bond acceptors (Lipinski definition) is 9. The molecule has 4 heterocycles. The van der Waals surface area contributed by atoms with E-state index < -0.39 is 5.41 Å². The van der Waals surface area contributed by atoms with Gasteiger partial charge in [0, 0.05) is 20.0 Å². The molecular formula is C21H26N8O3. The van der Waals surface area contributed by atoms with E-state index in [1.54, 1.807) is 24.9 Å². The Hall–Kier alpha value is -3.47. The fourth-order valence-electron chi connectivity index (χ4n) is 4.10. The molecule has 1 fully saturated rings. The molecule has 0 radical (unpaired) electrons. The lowest BCUT2D eigenvalue weighted by molar-refractivity contribution is -0.140. The predicted octanol–water partition coefficient (Wildman–Crippen LogP) is 0.552. The Bertz CT molecular complexity index is 1020. The number of nitrogens with zero attached hydrogens (tertiary/aromatic N) is 8. The van der Waals surface area contributed by atoms with Crippen LogP contribution in [-0.2, 0) is 20.7 Å². The summed E-state index contributed by atoms with van der Waals surface area (Å²) >= 11 is 0. The van der Waals surface area contributed by atoms with E-state index in [-0.39, 0.29) is 18.5 Å². The van der Waals surface area contributed by atoms with Gasteiger partial charge in [-0.15, -0.1) is 16.8 Å². The molecule has 2 aliphatic rings. The van der Waals surface area contributed by atoms with E-state index in [0.717, 1.165) is 31.7 Å². The number of cyclic esters (lactones) is 1. The number of carbonyl (C=O) groups is 2. The predicted molar refractivity (Wildman–Crippen MR) is 113 cm³/mol. The number of likely N-dealkylation sites (tertiary alicyclic amines) is 1. The SMILES string of the molecule is C=CC1(C(=O)N(C)C2=C(C)C(=O)OC2)CCN(CCc2ccc(-n3cnnn3)nn2)CC1. The maximum atomic E-state index is 13.3. The van der Waals surface area contributed by atoms with Gasteiger partial charge in [-0.3, -0.25) is 4.79 Å². The Morgan fingerprint density at radius 3 is 2.66 bits per heavy atom. The summed E-state index contributed by atoms with van der Waals surface area (Å²) in [6.45, 7) is 8.15. The summed E-state index contributed by atoms with van der Waals surface area (Å²) in [6.07, 6.45) is 5.33. The molecule has 0 spiro atoms. The molecule has 0 bridgehead atoms. The van der Waals surface area contributed by atoms with Crippen LogP contribution in [0.25, 0.3) is 5.82 Å². The van der Waals surface area contributed by atoms with E-state index in [1.807, 2.05) is 12.1 Å². The lowest BCUT2D eigenvalue weighted by atomic mass is 9.77. The minimum absolute atomic E-state index is 0.0381. The molecule has 0 saturated carbocycles. The molecule has 1 amide bonds. The van der Waals surface area contributed by atoms with Crippen molar-refractivity contribution in [2.45, 2.75) is 26.2 Å². The first-order chi connectivity index (χ1) is 15.4. The van der Waals surface area contributed by atoms with E-state index >= 15 is 0 Å². The van der Waals surface area contributed by atoms with Gasteiger partial charge < -0.3 is 14.5 Å². The van der Waals surface area contributed by atoms with Gasteiger partial charge in [0.15, 0.2) is 5.82 Å². The first kappa shape index (κ1) is 21.8. The summed E-state index contributed by atoms with van der Waals surface area (Å²) in [6, 6.07) is 3.75. The van der Waals surface area contributed by atoms with Gasteiger partial charge in [0.25, 0.3) is 0 Å². The molecule has 0 atom stereocenters. The molecule has 32 heavy (non-hydrogen) atoms. The maximum Gasteiger partial charge on any atom is 0.336 e. The smallest absolute Gasteiger partial charge is 0.336 e. The van der Waals surface area contributed by atoms with Crippen LogP contribution in [-0.4, -0.2) is 85.4 Å². The molecule has 0 aromatic carbocycles. The summed E-state index contributed by atoms with van der Waals surface area (Å²) in [5, 5.41) is 19.4. The normalized spacial score (nSPS) is 18.5. The second-order valence-corrected chi connectivity index (χ2v) is 8.10. The Kier molecular flexibility index (Phi) is 6.08. The van der Waals surface area contributed by atoms with Crippen LogP contribution in [0, 0.1) is 5.41 Å². The third kappa shape index (κ3) is 4.15. The van der Waals surface area contributed by atoms with Crippen LogP contribution in [0.15, 0.2) is 42.4 Å². The summed E-state index contributed by atoms with van der Waals surface area (Å²) in [7, 11) is 1.71. The average Bonchev–Trinajstić information content (AvgIpc) is 3.48. The molecule has 0 unspecified atom stereocenters. The minimum Gasteiger partial charge on any atom is -0.456 e. The van der Waals surface area contributed by atoms with E-state index in [2.05, 4.69) is 37.2 Å². The molecule has 4 rings (SSSR count). The molecular weight excluding hydrogens is 412 g/mol. The highest BCUT2D eigenvalue weighted by Crippen LogP contribution is 2.36.